The van der Waals surface area contributed by atoms with Crippen LogP contribution in [-0.2, 0) is 31.2 Å². The maximum Gasteiger partial charge on any atom is 0.241 e. The van der Waals surface area contributed by atoms with Crippen molar-refractivity contribution in [1.29, 1.82) is 5.41 Å². The molecular weight excluding hydrogens is 591 g/mol. The number of nitrogen functional groups attached to an aromatic ring is 1. The Morgan fingerprint density at radius 3 is 2.39 bits per heavy atom. The van der Waals surface area contributed by atoms with E-state index in [0.717, 1.165) is 72.4 Å². The Labute approximate surface area is 271 Å². The van der Waals surface area contributed by atoms with Crippen LogP contribution in [0.5, 0.6) is 0 Å². The van der Waals surface area contributed by atoms with Gasteiger partial charge in [0.1, 0.15) is 11.7 Å². The Hall–Kier alpha value is -3.91. The van der Waals surface area contributed by atoms with Crippen LogP contribution in [0.15, 0.2) is 84.9 Å². The topological polar surface area (TPSA) is 91.2 Å². The summed E-state index contributed by atoms with van der Waals surface area (Å²) in [7, 11) is 2.05. The Bertz CT molecular complexity index is 1740. The standard InChI is InChI=1S/C35H38N6O.2ClH/c1-39-32-18-17-29(22-31(32)38-33(39)19-14-25-12-15-27(16-13-25)35(36)37)41(34(42)24-40-20-5-2-6-21-40)23-28-10-7-9-26-8-3-4-11-30(26)28;;/h3-4,7-13,15-18,22H,2,5-6,14,19-21,23-24H2,1H3,(H3,36,37);2*1H. The Balaban J connectivity index is 0.00000221. The molecule has 1 saturated heterocycles. The van der Waals surface area contributed by atoms with Crippen molar-refractivity contribution in [2.24, 2.45) is 12.8 Å². The van der Waals surface area contributed by atoms with Gasteiger partial charge in [-0.2, -0.15) is 0 Å². The predicted octanol–water partition coefficient (Wildman–Crippen LogP) is 6.66. The van der Waals surface area contributed by atoms with Gasteiger partial charge in [-0.25, -0.2) is 4.98 Å². The van der Waals surface area contributed by atoms with E-state index in [1.54, 1.807) is 0 Å². The summed E-state index contributed by atoms with van der Waals surface area (Å²) in [5, 5.41) is 9.96. The highest BCUT2D eigenvalue weighted by atomic mass is 35.5. The number of nitrogens with one attached hydrogen (secondary N) is 1. The van der Waals surface area contributed by atoms with Crippen molar-refractivity contribution in [2.45, 2.75) is 38.6 Å². The number of aryl methyl sites for hydroxylation is 3. The van der Waals surface area contributed by atoms with Crippen molar-refractivity contribution in [3.8, 4) is 0 Å². The molecule has 0 aliphatic carbocycles. The lowest BCUT2D eigenvalue weighted by atomic mass is 10.0. The Morgan fingerprint density at radius 2 is 1.64 bits per heavy atom. The molecule has 3 N–H and O–H groups in total. The molecule has 0 saturated carbocycles. The van der Waals surface area contributed by atoms with Gasteiger partial charge in [0, 0.05) is 24.7 Å². The van der Waals surface area contributed by atoms with Gasteiger partial charge in [0.15, 0.2) is 0 Å². The molecule has 2 heterocycles. The minimum atomic E-state index is 0. The van der Waals surface area contributed by atoms with Crippen LogP contribution in [0, 0.1) is 5.41 Å². The number of amidine groups is 1. The first-order valence-corrected chi connectivity index (χ1v) is 14.8. The fraction of sp³-hybridized carbons (Fsp3) is 0.286. The van der Waals surface area contributed by atoms with Crippen molar-refractivity contribution >= 4 is 64.1 Å². The number of likely N-dealkylation sites (tertiary alicyclic amines) is 1. The van der Waals surface area contributed by atoms with Crippen LogP contribution in [0.3, 0.4) is 0 Å². The van der Waals surface area contributed by atoms with E-state index >= 15 is 0 Å². The highest BCUT2D eigenvalue weighted by molar-refractivity contribution is 5.98. The predicted molar refractivity (Wildman–Crippen MR) is 186 cm³/mol. The quantitative estimate of drug-likeness (QED) is 0.141. The maximum absolute atomic E-state index is 13.9. The first kappa shape index (κ1) is 33.0. The first-order valence-electron chi connectivity index (χ1n) is 14.8. The molecule has 5 aromatic rings. The van der Waals surface area contributed by atoms with E-state index in [2.05, 4.69) is 77.2 Å². The number of aromatic nitrogens is 2. The normalized spacial score (nSPS) is 13.3. The van der Waals surface area contributed by atoms with Gasteiger partial charge in [-0.1, -0.05) is 73.2 Å². The van der Waals surface area contributed by atoms with Crippen LogP contribution in [0.4, 0.5) is 5.69 Å². The molecule has 0 radical (unpaired) electrons. The number of carbonyl (C=O) groups excluding carboxylic acids is 1. The van der Waals surface area contributed by atoms with Gasteiger partial charge >= 0.3 is 0 Å². The lowest BCUT2D eigenvalue weighted by molar-refractivity contribution is -0.120. The number of imidazole rings is 1. The average Bonchev–Trinajstić information content (AvgIpc) is 3.33. The molecular formula is C35H40Cl2N6O. The molecule has 1 fully saturated rings. The molecule has 1 amide bonds. The second kappa shape index (κ2) is 14.7. The van der Waals surface area contributed by atoms with Crippen LogP contribution < -0.4 is 10.6 Å². The van der Waals surface area contributed by atoms with Crippen molar-refractivity contribution in [3.63, 3.8) is 0 Å². The number of benzene rings is 4. The fourth-order valence-corrected chi connectivity index (χ4v) is 6.06. The maximum atomic E-state index is 13.9. The van der Waals surface area contributed by atoms with Crippen LogP contribution in [0.25, 0.3) is 21.8 Å². The molecule has 0 spiro atoms. The molecule has 7 nitrogen and oxygen atoms in total. The highest BCUT2D eigenvalue weighted by Crippen LogP contribution is 2.27. The van der Waals surface area contributed by atoms with Crippen molar-refractivity contribution in [3.05, 3.63) is 107 Å². The highest BCUT2D eigenvalue weighted by Gasteiger charge is 2.22. The second-order valence-electron chi connectivity index (χ2n) is 11.3. The summed E-state index contributed by atoms with van der Waals surface area (Å²) in [5.74, 6) is 1.20. The second-order valence-corrected chi connectivity index (χ2v) is 11.3. The van der Waals surface area contributed by atoms with Crippen molar-refractivity contribution in [1.82, 2.24) is 14.5 Å². The van der Waals surface area contributed by atoms with E-state index in [-0.39, 0.29) is 36.6 Å². The SMILES string of the molecule is Cl.Cl.Cn1c(CCc2ccc(C(=N)N)cc2)nc2cc(N(Cc3cccc4ccccc34)C(=O)CN3CCCCC3)ccc21. The molecule has 230 valence electrons. The summed E-state index contributed by atoms with van der Waals surface area (Å²) in [4.78, 5) is 23.2. The number of piperidine rings is 1. The van der Waals surface area contributed by atoms with E-state index in [1.807, 2.05) is 29.2 Å². The Morgan fingerprint density at radius 1 is 0.909 bits per heavy atom. The van der Waals surface area contributed by atoms with Gasteiger partial charge in [-0.15, -0.1) is 24.8 Å². The summed E-state index contributed by atoms with van der Waals surface area (Å²) < 4.78 is 2.15. The largest absolute Gasteiger partial charge is 0.384 e. The van der Waals surface area contributed by atoms with E-state index in [9.17, 15) is 4.79 Å². The zero-order valence-electron chi connectivity index (χ0n) is 25.0. The first-order chi connectivity index (χ1) is 20.5. The van der Waals surface area contributed by atoms with Gasteiger partial charge in [0.05, 0.1) is 24.1 Å². The van der Waals surface area contributed by atoms with Crippen LogP contribution in [-0.4, -0.2) is 45.8 Å². The molecule has 6 rings (SSSR count). The number of hydrogen-bond donors (Lipinski definition) is 2. The molecule has 0 unspecified atom stereocenters. The number of hydrogen-bond acceptors (Lipinski definition) is 4. The van der Waals surface area contributed by atoms with Crippen LogP contribution in [0.1, 0.15) is 41.8 Å². The number of nitrogens with zero attached hydrogens (tertiary/aromatic N) is 4. The number of anilines is 1. The van der Waals surface area contributed by atoms with Gasteiger partial charge in [0.25, 0.3) is 0 Å². The van der Waals surface area contributed by atoms with Crippen LogP contribution >= 0.6 is 24.8 Å². The lowest BCUT2D eigenvalue weighted by Gasteiger charge is -2.30. The lowest BCUT2D eigenvalue weighted by Crippen LogP contribution is -2.42. The fourth-order valence-electron chi connectivity index (χ4n) is 6.06. The minimum absolute atomic E-state index is 0. The van der Waals surface area contributed by atoms with E-state index in [1.165, 1.54) is 22.8 Å². The van der Waals surface area contributed by atoms with Gasteiger partial charge in [-0.05, 0) is 72.5 Å². The minimum Gasteiger partial charge on any atom is -0.384 e. The zero-order chi connectivity index (χ0) is 29.1. The monoisotopic (exact) mass is 630 g/mol. The molecule has 4 aromatic carbocycles. The third-order valence-corrected chi connectivity index (χ3v) is 8.49. The number of rotatable bonds is 9. The van der Waals surface area contributed by atoms with Crippen LogP contribution in [0.2, 0.25) is 0 Å². The molecule has 0 bridgehead atoms. The molecule has 0 atom stereocenters. The zero-order valence-corrected chi connectivity index (χ0v) is 26.7. The third-order valence-electron chi connectivity index (χ3n) is 8.49. The number of halogens is 2. The summed E-state index contributed by atoms with van der Waals surface area (Å²) in [6.07, 6.45) is 5.17. The molecule has 1 aromatic heterocycles. The summed E-state index contributed by atoms with van der Waals surface area (Å²) in [6, 6.07) is 28.8. The van der Waals surface area contributed by atoms with E-state index < -0.39 is 0 Å². The van der Waals surface area contributed by atoms with E-state index in [4.69, 9.17) is 16.1 Å². The van der Waals surface area contributed by atoms with Gasteiger partial charge in [0.2, 0.25) is 5.91 Å². The summed E-state index contributed by atoms with van der Waals surface area (Å²) >= 11 is 0. The van der Waals surface area contributed by atoms with Gasteiger partial charge < -0.3 is 15.2 Å². The smallest absolute Gasteiger partial charge is 0.241 e. The number of carbonyl (C=O) groups is 1. The number of fused-ring (bicyclic) bond motifs is 2. The van der Waals surface area contributed by atoms with Gasteiger partial charge in [-0.3, -0.25) is 15.1 Å². The average molecular weight is 632 g/mol. The third kappa shape index (κ3) is 7.24. The van der Waals surface area contributed by atoms with Crippen molar-refractivity contribution in [2.75, 3.05) is 24.5 Å². The summed E-state index contributed by atoms with van der Waals surface area (Å²) in [6.45, 7) is 2.90. The molecule has 9 heteroatoms. The molecule has 1 aliphatic heterocycles. The summed E-state index contributed by atoms with van der Waals surface area (Å²) in [5.41, 5.74) is 11.5. The molecule has 44 heavy (non-hydrogen) atoms. The Kier molecular flexibility index (Phi) is 11.0. The number of amides is 1. The van der Waals surface area contributed by atoms with E-state index in [0.29, 0.717) is 13.1 Å². The van der Waals surface area contributed by atoms with Crippen molar-refractivity contribution < 1.29 is 4.79 Å². The number of nitrogens with two attached hydrogens (primary N) is 1. The molecule has 1 aliphatic rings.